The molecule has 5 heteroatoms. The highest BCUT2D eigenvalue weighted by molar-refractivity contribution is 6.09. The number of ether oxygens (including phenoxy) is 1. The maximum atomic E-state index is 12.3. The average molecular weight is 246 g/mol. The van der Waals surface area contributed by atoms with Crippen LogP contribution in [-0.4, -0.2) is 39.1 Å². The third-order valence-electron chi connectivity index (χ3n) is 3.86. The molecule has 1 spiro atoms. The van der Waals surface area contributed by atoms with E-state index in [-0.39, 0.29) is 11.9 Å². The van der Waals surface area contributed by atoms with Gasteiger partial charge in [0.25, 0.3) is 0 Å². The number of nitrogens with one attached hydrogen (secondary N) is 1. The lowest BCUT2D eigenvalue weighted by molar-refractivity contribution is -0.124. The number of hydrogen-bond donors (Lipinski definition) is 1. The molecule has 1 fully saturated rings. The molecule has 5 nitrogen and oxygen atoms in total. The van der Waals surface area contributed by atoms with Gasteiger partial charge in [-0.25, -0.2) is 4.79 Å². The van der Waals surface area contributed by atoms with Gasteiger partial charge in [-0.1, -0.05) is 0 Å². The van der Waals surface area contributed by atoms with Gasteiger partial charge in [-0.3, -0.25) is 4.79 Å². The fraction of sp³-hybridized carbons (Fsp3) is 0.385. The van der Waals surface area contributed by atoms with E-state index in [1.165, 1.54) is 7.11 Å². The van der Waals surface area contributed by atoms with E-state index in [0.29, 0.717) is 18.7 Å². The minimum absolute atomic E-state index is 0.0956. The monoisotopic (exact) mass is 246 g/mol. The van der Waals surface area contributed by atoms with Gasteiger partial charge in [0.2, 0.25) is 5.91 Å². The van der Waals surface area contributed by atoms with E-state index < -0.39 is 5.41 Å². The topological polar surface area (TPSA) is 58.6 Å². The van der Waals surface area contributed by atoms with Gasteiger partial charge < -0.3 is 15.0 Å². The fourth-order valence-corrected chi connectivity index (χ4v) is 2.72. The summed E-state index contributed by atoms with van der Waals surface area (Å²) in [5, 5.41) is 3.13. The third-order valence-corrected chi connectivity index (χ3v) is 3.86. The number of hydrogen-bond acceptors (Lipinski definition) is 4. The molecule has 0 aliphatic carbocycles. The van der Waals surface area contributed by atoms with Gasteiger partial charge in [-0.2, -0.15) is 0 Å². The number of rotatable bonds is 1. The zero-order chi connectivity index (χ0) is 12.9. The van der Waals surface area contributed by atoms with Crippen LogP contribution in [0.15, 0.2) is 18.2 Å². The SMILES string of the molecule is COC(=O)c1ccc2c(c1)C1(CNC1)C(=O)N2C. The number of benzene rings is 1. The first-order chi connectivity index (χ1) is 8.60. The van der Waals surface area contributed by atoms with E-state index in [2.05, 4.69) is 5.32 Å². The second kappa shape index (κ2) is 3.55. The Hall–Kier alpha value is -1.88. The first-order valence-electron chi connectivity index (χ1n) is 5.82. The summed E-state index contributed by atoms with van der Waals surface area (Å²) in [6.07, 6.45) is 0. The van der Waals surface area contributed by atoms with Crippen molar-refractivity contribution in [3.63, 3.8) is 0 Å². The molecule has 2 heterocycles. The normalized spacial score (nSPS) is 19.7. The summed E-state index contributed by atoms with van der Waals surface area (Å²) in [6.45, 7) is 1.27. The van der Waals surface area contributed by atoms with Crippen molar-refractivity contribution in [1.29, 1.82) is 0 Å². The van der Waals surface area contributed by atoms with Crippen LogP contribution in [0.4, 0.5) is 5.69 Å². The average Bonchev–Trinajstić information content (AvgIpc) is 2.57. The Balaban J connectivity index is 2.13. The lowest BCUT2D eigenvalue weighted by Crippen LogP contribution is -2.61. The van der Waals surface area contributed by atoms with Crippen molar-refractivity contribution in [2.24, 2.45) is 0 Å². The highest BCUT2D eigenvalue weighted by atomic mass is 16.5. The largest absolute Gasteiger partial charge is 0.465 e. The molecular weight excluding hydrogens is 232 g/mol. The first kappa shape index (κ1) is 11.2. The maximum Gasteiger partial charge on any atom is 0.337 e. The van der Waals surface area contributed by atoms with Gasteiger partial charge in [-0.05, 0) is 23.8 Å². The van der Waals surface area contributed by atoms with Crippen LogP contribution in [0.5, 0.6) is 0 Å². The van der Waals surface area contributed by atoms with Crippen molar-refractivity contribution in [3.8, 4) is 0 Å². The molecule has 1 aromatic carbocycles. The van der Waals surface area contributed by atoms with E-state index in [4.69, 9.17) is 4.74 Å². The van der Waals surface area contributed by atoms with Crippen molar-refractivity contribution >= 4 is 17.6 Å². The summed E-state index contributed by atoms with van der Waals surface area (Å²) in [5.41, 5.74) is 1.82. The molecule has 0 radical (unpaired) electrons. The van der Waals surface area contributed by atoms with Gasteiger partial charge >= 0.3 is 5.97 Å². The predicted molar refractivity (Wildman–Crippen MR) is 65.7 cm³/mol. The molecule has 2 aliphatic heterocycles. The minimum atomic E-state index is -0.478. The molecule has 0 atom stereocenters. The molecule has 0 unspecified atom stereocenters. The van der Waals surface area contributed by atoms with Crippen LogP contribution in [0.2, 0.25) is 0 Å². The van der Waals surface area contributed by atoms with Gasteiger partial charge in [0, 0.05) is 25.8 Å². The molecule has 94 valence electrons. The van der Waals surface area contributed by atoms with Crippen molar-refractivity contribution in [1.82, 2.24) is 5.32 Å². The highest BCUT2D eigenvalue weighted by Gasteiger charge is 2.53. The van der Waals surface area contributed by atoms with Crippen LogP contribution >= 0.6 is 0 Å². The molecule has 0 aromatic heterocycles. The second-order valence-electron chi connectivity index (χ2n) is 4.77. The molecule has 0 bridgehead atoms. The minimum Gasteiger partial charge on any atom is -0.465 e. The van der Waals surface area contributed by atoms with Crippen LogP contribution in [0.25, 0.3) is 0 Å². The predicted octanol–water partition coefficient (Wildman–Crippen LogP) is 0.291. The molecule has 18 heavy (non-hydrogen) atoms. The molecule has 1 amide bonds. The van der Waals surface area contributed by atoms with Gasteiger partial charge in [0.1, 0.15) is 5.41 Å². The number of amides is 1. The van der Waals surface area contributed by atoms with Crippen molar-refractivity contribution in [2.75, 3.05) is 32.1 Å². The van der Waals surface area contributed by atoms with Crippen LogP contribution in [0, 0.1) is 0 Å². The lowest BCUT2D eigenvalue weighted by atomic mass is 9.76. The number of fused-ring (bicyclic) bond motifs is 2. The number of carbonyl (C=O) groups excluding carboxylic acids is 2. The van der Waals surface area contributed by atoms with E-state index in [1.54, 1.807) is 24.1 Å². The number of carbonyl (C=O) groups is 2. The van der Waals surface area contributed by atoms with Gasteiger partial charge in [0.05, 0.1) is 12.7 Å². The standard InChI is InChI=1S/C13H14N2O3/c1-15-10-4-3-8(11(16)18-2)5-9(10)13(12(15)17)6-14-7-13/h3-5,14H,6-7H2,1-2H3. The van der Waals surface area contributed by atoms with Crippen molar-refractivity contribution in [2.45, 2.75) is 5.41 Å². The lowest BCUT2D eigenvalue weighted by Gasteiger charge is -2.37. The van der Waals surface area contributed by atoms with Crippen molar-refractivity contribution < 1.29 is 14.3 Å². The molecule has 1 saturated heterocycles. The Bertz CT molecular complexity index is 549. The molecule has 1 aromatic rings. The molecule has 0 saturated carbocycles. The summed E-state index contributed by atoms with van der Waals surface area (Å²) in [7, 11) is 3.12. The number of methoxy groups -OCH3 is 1. The van der Waals surface area contributed by atoms with Gasteiger partial charge in [0.15, 0.2) is 0 Å². The maximum absolute atomic E-state index is 12.3. The van der Waals surface area contributed by atoms with E-state index in [1.807, 2.05) is 6.07 Å². The first-order valence-corrected chi connectivity index (χ1v) is 5.82. The Labute approximate surface area is 105 Å². The highest BCUT2D eigenvalue weighted by Crippen LogP contribution is 2.43. The quantitative estimate of drug-likeness (QED) is 0.724. The molecule has 1 N–H and O–H groups in total. The van der Waals surface area contributed by atoms with E-state index in [0.717, 1.165) is 11.3 Å². The summed E-state index contributed by atoms with van der Waals surface area (Å²) in [6, 6.07) is 5.29. The van der Waals surface area contributed by atoms with Crippen LogP contribution in [0.1, 0.15) is 15.9 Å². The Morgan fingerprint density at radius 1 is 1.44 bits per heavy atom. The Morgan fingerprint density at radius 2 is 2.17 bits per heavy atom. The number of likely N-dealkylation sites (N-methyl/N-ethyl adjacent to an activating group) is 1. The number of nitrogens with zero attached hydrogens (tertiary/aromatic N) is 1. The third kappa shape index (κ3) is 1.19. The van der Waals surface area contributed by atoms with Crippen LogP contribution in [0.3, 0.4) is 0 Å². The van der Waals surface area contributed by atoms with Crippen molar-refractivity contribution in [3.05, 3.63) is 29.3 Å². The summed E-state index contributed by atoms with van der Waals surface area (Å²) in [5.74, 6) is -0.277. The Morgan fingerprint density at radius 3 is 2.72 bits per heavy atom. The number of anilines is 1. The summed E-state index contributed by atoms with van der Waals surface area (Å²) >= 11 is 0. The number of esters is 1. The van der Waals surface area contributed by atoms with E-state index in [9.17, 15) is 9.59 Å². The summed E-state index contributed by atoms with van der Waals surface area (Å²) < 4.78 is 4.72. The molecule has 3 rings (SSSR count). The fourth-order valence-electron chi connectivity index (χ4n) is 2.72. The van der Waals surface area contributed by atoms with Crippen LogP contribution < -0.4 is 10.2 Å². The molecule has 2 aliphatic rings. The van der Waals surface area contributed by atoms with Gasteiger partial charge in [-0.15, -0.1) is 0 Å². The smallest absolute Gasteiger partial charge is 0.337 e. The zero-order valence-electron chi connectivity index (χ0n) is 10.3. The molecular formula is C13H14N2O3. The summed E-state index contributed by atoms with van der Waals surface area (Å²) in [4.78, 5) is 25.5. The second-order valence-corrected chi connectivity index (χ2v) is 4.77. The Kier molecular flexibility index (Phi) is 2.22. The van der Waals surface area contributed by atoms with E-state index >= 15 is 0 Å². The van der Waals surface area contributed by atoms with Crippen LogP contribution in [-0.2, 0) is 14.9 Å². The zero-order valence-corrected chi connectivity index (χ0v) is 10.3.